The molecule has 9 rings (SSSR count). The first-order valence-corrected chi connectivity index (χ1v) is 19.2. The zero-order valence-corrected chi connectivity index (χ0v) is 33.9. The van der Waals surface area contributed by atoms with Gasteiger partial charge in [-0.25, -0.2) is 24.4 Å². The number of hydrogen-bond acceptors (Lipinski definition) is 3. The fourth-order valence-electron chi connectivity index (χ4n) is 6.22. The Hall–Kier alpha value is -5.44. The molecule has 54 heavy (non-hydrogen) atoms. The summed E-state index contributed by atoms with van der Waals surface area (Å²) >= 11 is 0. The first kappa shape index (κ1) is 38.3. The number of hydrogen-bond donors (Lipinski definition) is 0. The molecule has 4 nitrogen and oxygen atoms in total. The van der Waals surface area contributed by atoms with Crippen molar-refractivity contribution in [1.29, 1.82) is 0 Å². The number of pyridine rings is 1. The molecule has 0 amide bonds. The molecular weight excluding hydrogens is 856 g/mol. The zero-order valence-electron chi connectivity index (χ0n) is 30.5. The van der Waals surface area contributed by atoms with Crippen molar-refractivity contribution in [2.45, 2.75) is 26.2 Å². The third-order valence-corrected chi connectivity index (χ3v) is 11.7. The van der Waals surface area contributed by atoms with E-state index >= 15 is 0 Å². The van der Waals surface area contributed by atoms with Crippen LogP contribution in [0, 0.1) is 19.1 Å². The van der Waals surface area contributed by atoms with Crippen LogP contribution in [-0.2, 0) is 25.5 Å². The number of fused-ring (bicyclic) bond motifs is 3. The largest absolute Gasteiger partial charge is 0.420 e. The second-order valence-electron chi connectivity index (χ2n) is 13.7. The van der Waals surface area contributed by atoms with E-state index in [1.165, 1.54) is 32.1 Å². The van der Waals surface area contributed by atoms with Crippen molar-refractivity contribution in [2.24, 2.45) is 0 Å². The van der Waals surface area contributed by atoms with Gasteiger partial charge in [0.25, 0.3) is 0 Å². The smallest absolute Gasteiger partial charge is 0.0935 e. The zero-order chi connectivity index (χ0) is 36.6. The summed E-state index contributed by atoms with van der Waals surface area (Å²) in [4.78, 5) is 8.92. The van der Waals surface area contributed by atoms with Gasteiger partial charge in [0.1, 0.15) is 0 Å². The maximum Gasteiger partial charge on any atom is 0.0935 e. The molecule has 9 aromatic rings. The Morgan fingerprint density at radius 2 is 1.15 bits per heavy atom. The second kappa shape index (κ2) is 17.6. The van der Waals surface area contributed by atoms with Gasteiger partial charge in [0.05, 0.1) is 24.2 Å². The standard InChI is InChI=1S/C22H16P.C15H15N4.C11H8.Ir/c1-3-12-19(13-4-1)23(20-14-5-2-6-15-20)22-17-9-11-18-10-7-8-16-21(18)22;1-15(2,3)14-17-13(18-19-14)12-11-7-5-4-6-10(11)8-9-16-12;1-9-5-4-7-10-6-2-3-8-11(9)10;/h1-15,17H;4-9H,1-3H3;2-7H,1H2;/q2*-1;-2;/p+1. The van der Waals surface area contributed by atoms with Crippen molar-refractivity contribution >= 4 is 56.2 Å². The average Bonchev–Trinajstić information content (AvgIpc) is 3.71. The summed E-state index contributed by atoms with van der Waals surface area (Å²) in [6.45, 7) is 10.1. The summed E-state index contributed by atoms with van der Waals surface area (Å²) in [5.41, 5.74) is 1.74. The van der Waals surface area contributed by atoms with E-state index in [1.807, 2.05) is 54.6 Å². The van der Waals surface area contributed by atoms with Gasteiger partial charge in [-0.3, -0.25) is 15.6 Å². The molecule has 7 aromatic carbocycles. The first-order valence-electron chi connectivity index (χ1n) is 17.7. The van der Waals surface area contributed by atoms with Gasteiger partial charge in [0, 0.05) is 48.2 Å². The summed E-state index contributed by atoms with van der Waals surface area (Å²) in [5.74, 6) is 1.35. The van der Waals surface area contributed by atoms with Gasteiger partial charge in [0.15, 0.2) is 0 Å². The molecule has 0 aliphatic rings. The summed E-state index contributed by atoms with van der Waals surface area (Å²) in [6.07, 6.45) is 1.78. The third kappa shape index (κ3) is 8.84. The number of nitrogens with zero attached hydrogens (tertiary/aromatic N) is 4. The minimum absolute atomic E-state index is 0. The molecule has 0 atom stereocenters. The SMILES string of the molecule is CC(C)(C)c1n[n-]c(-c2nccc3ccccc23)n1.[CH2-]c1cccc2ccc[c-]c12.[Ir].[c-]1cccc2cccc([PH+](c3ccccc3)c3ccccc3)c12. The van der Waals surface area contributed by atoms with Crippen molar-refractivity contribution in [3.8, 4) is 11.5 Å². The average molecular weight is 896 g/mol. The van der Waals surface area contributed by atoms with Crippen LogP contribution in [0.25, 0.3) is 43.8 Å². The van der Waals surface area contributed by atoms with Gasteiger partial charge in [0.2, 0.25) is 0 Å². The molecule has 0 saturated heterocycles. The van der Waals surface area contributed by atoms with Crippen LogP contribution in [0.2, 0.25) is 0 Å². The number of rotatable bonds is 4. The monoisotopic (exact) mass is 896 g/mol. The Labute approximate surface area is 332 Å². The van der Waals surface area contributed by atoms with E-state index in [-0.39, 0.29) is 25.5 Å². The Morgan fingerprint density at radius 1 is 0.593 bits per heavy atom. The van der Waals surface area contributed by atoms with Crippen LogP contribution in [0.3, 0.4) is 0 Å². The quantitative estimate of drug-likeness (QED) is 0.131. The van der Waals surface area contributed by atoms with Crippen molar-refractivity contribution < 1.29 is 20.1 Å². The molecule has 0 spiro atoms. The summed E-state index contributed by atoms with van der Waals surface area (Å²) < 4.78 is 0. The fourth-order valence-corrected chi connectivity index (χ4v) is 8.96. The topological polar surface area (TPSA) is 52.8 Å². The molecule has 0 saturated carbocycles. The van der Waals surface area contributed by atoms with E-state index in [1.54, 1.807) is 6.20 Å². The Kier molecular flexibility index (Phi) is 12.5. The molecule has 6 heteroatoms. The first-order chi connectivity index (χ1) is 25.9. The molecule has 2 aromatic heterocycles. The Bertz CT molecular complexity index is 2520. The van der Waals surface area contributed by atoms with Gasteiger partial charge in [-0.2, -0.15) is 17.5 Å². The van der Waals surface area contributed by atoms with Crippen LogP contribution in [0.5, 0.6) is 0 Å². The van der Waals surface area contributed by atoms with Crippen LogP contribution in [0.15, 0.2) is 170 Å². The van der Waals surface area contributed by atoms with Crippen LogP contribution >= 0.6 is 7.92 Å². The second-order valence-corrected chi connectivity index (χ2v) is 16.1. The van der Waals surface area contributed by atoms with Gasteiger partial charge in [-0.1, -0.05) is 99.6 Å². The molecule has 1 radical (unpaired) electrons. The van der Waals surface area contributed by atoms with E-state index in [4.69, 9.17) is 0 Å². The van der Waals surface area contributed by atoms with Crippen molar-refractivity contribution in [1.82, 2.24) is 20.2 Å². The van der Waals surface area contributed by atoms with Gasteiger partial charge in [-0.05, 0) is 41.5 Å². The van der Waals surface area contributed by atoms with Crippen LogP contribution < -0.4 is 21.0 Å². The molecule has 269 valence electrons. The maximum absolute atomic E-state index is 4.52. The van der Waals surface area contributed by atoms with E-state index in [9.17, 15) is 0 Å². The summed E-state index contributed by atoms with van der Waals surface area (Å²) in [7, 11) is -1.03. The van der Waals surface area contributed by atoms with Crippen molar-refractivity contribution in [3.05, 3.63) is 200 Å². The molecule has 0 unspecified atom stereocenters. The third-order valence-electron chi connectivity index (χ3n) is 8.88. The Balaban J connectivity index is 0.000000145. The predicted octanol–water partition coefficient (Wildman–Crippen LogP) is 9.90. The summed E-state index contributed by atoms with van der Waals surface area (Å²) in [5, 5.41) is 19.6. The molecule has 0 aliphatic carbocycles. The fraction of sp³-hybridized carbons (Fsp3) is 0.0833. The summed E-state index contributed by atoms with van der Waals surface area (Å²) in [6, 6.07) is 63.3. The molecule has 0 fully saturated rings. The van der Waals surface area contributed by atoms with Crippen LogP contribution in [0.4, 0.5) is 0 Å². The van der Waals surface area contributed by atoms with Gasteiger partial charge in [-0.15, -0.1) is 53.2 Å². The van der Waals surface area contributed by atoms with Crippen molar-refractivity contribution in [2.75, 3.05) is 0 Å². The van der Waals surface area contributed by atoms with E-state index in [0.29, 0.717) is 5.82 Å². The molecule has 0 aliphatic heterocycles. The van der Waals surface area contributed by atoms with Crippen molar-refractivity contribution in [3.63, 3.8) is 0 Å². The minimum atomic E-state index is -1.03. The molecule has 0 bridgehead atoms. The van der Waals surface area contributed by atoms with Gasteiger partial charge < -0.3 is 10.1 Å². The molecule has 0 N–H and O–H groups in total. The van der Waals surface area contributed by atoms with E-state index < -0.39 is 7.92 Å². The minimum Gasteiger partial charge on any atom is -0.420 e. The number of benzene rings is 7. The molecule has 2 heterocycles. The van der Waals surface area contributed by atoms with Crippen LogP contribution in [0.1, 0.15) is 32.2 Å². The molecular formula is C48H40IrN4P-3. The predicted molar refractivity (Wildman–Crippen MR) is 225 cm³/mol. The maximum atomic E-state index is 4.52. The normalized spacial score (nSPS) is 11.0. The van der Waals surface area contributed by atoms with E-state index in [2.05, 4.69) is 169 Å². The number of aromatic nitrogens is 4. The van der Waals surface area contributed by atoms with E-state index in [0.717, 1.165) is 33.2 Å². The van der Waals surface area contributed by atoms with Gasteiger partial charge >= 0.3 is 0 Å². The Morgan fingerprint density at radius 3 is 1.78 bits per heavy atom. The van der Waals surface area contributed by atoms with Crippen LogP contribution in [-0.4, -0.2) is 15.1 Å².